The molecule has 0 aromatic rings. The van der Waals surface area contributed by atoms with E-state index < -0.39 is 0 Å². The summed E-state index contributed by atoms with van der Waals surface area (Å²) < 4.78 is 0. The second-order valence-corrected chi connectivity index (χ2v) is 0. The molecule has 0 aromatic heterocycles. The average Bonchev–Trinajstić information content (AvgIpc) is 1.81. The minimum atomic E-state index is 0. The van der Waals surface area contributed by atoms with E-state index in [1.54, 1.807) is 13.8 Å². The molecule has 0 aromatic carbocycles. The number of hydrogen-bond acceptors (Lipinski definition) is 0. The Kier molecular flexibility index (Phi) is 1960. The molecule has 1 heteroatoms. The first-order valence-corrected chi connectivity index (χ1v) is 2.41. The maximum atomic E-state index is 3.25. The van der Waals surface area contributed by atoms with Gasteiger partial charge in [0, 0.05) is 0 Å². The van der Waals surface area contributed by atoms with Crippen molar-refractivity contribution in [2.45, 2.75) is 27.7 Å². The molecule has 0 atom stereocenters. The van der Waals surface area contributed by atoms with Crippen LogP contribution in [-0.2, 0) is 19.5 Å². The molecule has 0 bridgehead atoms. The van der Waals surface area contributed by atoms with Crippen LogP contribution in [0.2, 0.25) is 0 Å². The van der Waals surface area contributed by atoms with Crippen molar-refractivity contribution < 1.29 is 19.5 Å². The van der Waals surface area contributed by atoms with E-state index in [-0.39, 0.29) is 19.5 Å². The van der Waals surface area contributed by atoms with Crippen LogP contribution in [0.4, 0.5) is 0 Å². The Morgan fingerprint density at radius 1 is 0.714 bits per heavy atom. The molecule has 0 saturated heterocycles. The van der Waals surface area contributed by atoms with Crippen LogP contribution in [0.15, 0.2) is 0 Å². The van der Waals surface area contributed by atoms with Gasteiger partial charge in [-0.1, -0.05) is 13.8 Å². The minimum Gasteiger partial charge on any atom is -0.346 e. The molecule has 0 saturated carbocycles. The second kappa shape index (κ2) is 539. The SMILES string of the molecule is CC.[CH2-]C.[CH2-]C.[Zn+2]. The van der Waals surface area contributed by atoms with Gasteiger partial charge < -0.3 is 13.8 Å². The zero-order chi connectivity index (χ0) is 6.00. The van der Waals surface area contributed by atoms with E-state index >= 15 is 0 Å². The summed E-state index contributed by atoms with van der Waals surface area (Å²) in [6.45, 7) is 14.0. The van der Waals surface area contributed by atoms with E-state index in [4.69, 9.17) is 0 Å². The van der Waals surface area contributed by atoms with Gasteiger partial charge in [0.05, 0.1) is 0 Å². The van der Waals surface area contributed by atoms with E-state index in [0.717, 1.165) is 0 Å². The third-order valence-electron chi connectivity index (χ3n) is 0. The van der Waals surface area contributed by atoms with Gasteiger partial charge in [-0.05, 0) is 0 Å². The van der Waals surface area contributed by atoms with Crippen LogP contribution in [0.25, 0.3) is 0 Å². The number of hydrogen-bond donors (Lipinski definition) is 0. The molecule has 0 fully saturated rings. The molecular formula is C6H16Zn. The average molecular weight is 154 g/mol. The summed E-state index contributed by atoms with van der Waals surface area (Å²) in [4.78, 5) is 0. The Morgan fingerprint density at radius 2 is 0.714 bits per heavy atom. The van der Waals surface area contributed by atoms with Gasteiger partial charge >= 0.3 is 19.5 Å². The zero-order valence-corrected chi connectivity index (χ0v) is 9.09. The van der Waals surface area contributed by atoms with E-state index in [1.807, 2.05) is 13.8 Å². The first-order valence-electron chi connectivity index (χ1n) is 2.41. The summed E-state index contributed by atoms with van der Waals surface area (Å²) in [7, 11) is 0. The Hall–Kier alpha value is 0.623. The largest absolute Gasteiger partial charge is 2.00 e. The maximum Gasteiger partial charge on any atom is 2.00 e. The predicted octanol–water partition coefficient (Wildman–Crippen LogP) is 2.70. The first kappa shape index (κ1) is 25.5. The van der Waals surface area contributed by atoms with Gasteiger partial charge in [-0.2, -0.15) is 13.8 Å². The van der Waals surface area contributed by atoms with Crippen LogP contribution in [0.1, 0.15) is 27.7 Å². The molecule has 42 valence electrons. The van der Waals surface area contributed by atoms with Crippen molar-refractivity contribution in [1.82, 2.24) is 0 Å². The van der Waals surface area contributed by atoms with Gasteiger partial charge in [-0.15, -0.1) is 0 Å². The van der Waals surface area contributed by atoms with Crippen molar-refractivity contribution in [2.75, 3.05) is 0 Å². The van der Waals surface area contributed by atoms with Gasteiger partial charge in [0.2, 0.25) is 0 Å². The van der Waals surface area contributed by atoms with Crippen LogP contribution < -0.4 is 0 Å². The van der Waals surface area contributed by atoms with Crippen molar-refractivity contribution in [2.24, 2.45) is 0 Å². The molecule has 0 rings (SSSR count). The van der Waals surface area contributed by atoms with Crippen LogP contribution in [0.3, 0.4) is 0 Å². The summed E-state index contributed by atoms with van der Waals surface area (Å²) in [6.07, 6.45) is 0. The van der Waals surface area contributed by atoms with Gasteiger partial charge in [0.25, 0.3) is 0 Å². The van der Waals surface area contributed by atoms with Crippen molar-refractivity contribution in [3.05, 3.63) is 13.8 Å². The van der Waals surface area contributed by atoms with Crippen molar-refractivity contribution >= 4 is 0 Å². The minimum absolute atomic E-state index is 0. The molecule has 0 aliphatic carbocycles. The second-order valence-electron chi connectivity index (χ2n) is 0. The molecule has 0 N–H and O–H groups in total. The Morgan fingerprint density at radius 3 is 0.714 bits per heavy atom. The Labute approximate surface area is 61.5 Å². The van der Waals surface area contributed by atoms with Crippen LogP contribution in [-0.4, -0.2) is 0 Å². The summed E-state index contributed by atoms with van der Waals surface area (Å²) >= 11 is 0. The van der Waals surface area contributed by atoms with Crippen molar-refractivity contribution in [3.8, 4) is 0 Å². The van der Waals surface area contributed by atoms with Crippen molar-refractivity contribution in [1.29, 1.82) is 0 Å². The smallest absolute Gasteiger partial charge is 0.346 e. The monoisotopic (exact) mass is 152 g/mol. The molecule has 0 radical (unpaired) electrons. The normalized spacial score (nSPS) is 2.57. The Balaban J connectivity index is -0.00000000900. The fourth-order valence-electron chi connectivity index (χ4n) is 0. The van der Waals surface area contributed by atoms with E-state index in [1.165, 1.54) is 0 Å². The quantitative estimate of drug-likeness (QED) is 0.371. The summed E-state index contributed by atoms with van der Waals surface area (Å²) in [5, 5.41) is 0. The molecule has 0 aliphatic heterocycles. The van der Waals surface area contributed by atoms with Gasteiger partial charge in [0.1, 0.15) is 0 Å². The van der Waals surface area contributed by atoms with Gasteiger partial charge in [-0.25, -0.2) is 0 Å². The summed E-state index contributed by atoms with van der Waals surface area (Å²) in [5.41, 5.74) is 0. The van der Waals surface area contributed by atoms with Crippen LogP contribution in [0, 0.1) is 13.8 Å². The molecule has 0 spiro atoms. The summed E-state index contributed by atoms with van der Waals surface area (Å²) in [6, 6.07) is 0. The van der Waals surface area contributed by atoms with E-state index in [0.29, 0.717) is 0 Å². The van der Waals surface area contributed by atoms with Gasteiger partial charge in [0.15, 0.2) is 0 Å². The third-order valence-corrected chi connectivity index (χ3v) is 0. The van der Waals surface area contributed by atoms with E-state index in [9.17, 15) is 0 Å². The van der Waals surface area contributed by atoms with Crippen LogP contribution in [0.5, 0.6) is 0 Å². The zero-order valence-electron chi connectivity index (χ0n) is 6.12. The predicted molar refractivity (Wildman–Crippen MR) is 33.4 cm³/mol. The van der Waals surface area contributed by atoms with Gasteiger partial charge in [-0.3, -0.25) is 0 Å². The Bertz CT molecular complexity index is 4.14. The molecule has 0 aliphatic rings. The first-order chi connectivity index (χ1) is 3.00. The molecule has 0 unspecified atom stereocenters. The molecule has 7 heavy (non-hydrogen) atoms. The maximum absolute atomic E-state index is 3.25. The van der Waals surface area contributed by atoms with Crippen molar-refractivity contribution in [3.63, 3.8) is 0 Å². The topological polar surface area (TPSA) is 0 Å². The molecule has 0 heterocycles. The van der Waals surface area contributed by atoms with E-state index in [2.05, 4.69) is 13.8 Å². The standard InChI is InChI=1S/C2H6.2C2H5.Zn/c3*1-2;/h1-2H3;2*1H2,2H3;/q;2*-1;+2. The summed E-state index contributed by atoms with van der Waals surface area (Å²) in [5.74, 6) is 0. The molecule has 0 amide bonds. The fourth-order valence-corrected chi connectivity index (χ4v) is 0. The molecule has 0 nitrogen and oxygen atoms in total. The van der Waals surface area contributed by atoms with Crippen LogP contribution >= 0.6 is 0 Å². The number of rotatable bonds is 0. The molecular weight excluding hydrogens is 137 g/mol. The fraction of sp³-hybridized carbons (Fsp3) is 0.667. The third kappa shape index (κ3) is 364.